The summed E-state index contributed by atoms with van der Waals surface area (Å²) in [6.07, 6.45) is -27.6. The quantitative estimate of drug-likeness (QED) is 0.0153. The Labute approximate surface area is 619 Å². The number of hydrogen-bond acceptors (Lipinski definition) is 41. The molecule has 22 atom stereocenters. The molecule has 42 nitrogen and oxygen atoms in total. The summed E-state index contributed by atoms with van der Waals surface area (Å²) in [4.78, 5) is 71.1. The molecule has 0 spiro atoms. The molecule has 2 aliphatic rings. The zero-order chi connectivity index (χ0) is 63.7. The van der Waals surface area contributed by atoms with Crippen LogP contribution in [0.2, 0.25) is 0 Å². The maximum atomic E-state index is 12.6. The van der Waals surface area contributed by atoms with Crippen LogP contribution in [0.1, 0.15) is 25.7 Å². The molecular formula is C36H72NNa5O41P6. The molecule has 0 radical (unpaired) electrons. The molecular weight excluding hydrogens is 1400 g/mol. The van der Waals surface area contributed by atoms with Gasteiger partial charge in [0.15, 0.2) is 12.6 Å². The maximum Gasteiger partial charge on any atom is 1.00 e. The molecule has 89 heavy (non-hydrogen) atoms. The topological polar surface area (TPSA) is 675 Å². The third-order valence-electron chi connectivity index (χ3n) is 10.6. The van der Waals surface area contributed by atoms with Gasteiger partial charge in [-0.15, -0.1) is 0 Å². The Morgan fingerprint density at radius 2 is 0.652 bits per heavy atom. The molecule has 0 saturated carbocycles. The van der Waals surface area contributed by atoms with Gasteiger partial charge in [-0.25, -0.2) is 4.57 Å². The number of phosphoric acid groups is 6. The van der Waals surface area contributed by atoms with E-state index in [-0.39, 0.29) is 161 Å². The summed E-state index contributed by atoms with van der Waals surface area (Å²) < 4.78 is 148. The fraction of sp³-hybridized carbons (Fsp3) is 1.00. The summed E-state index contributed by atoms with van der Waals surface area (Å²) in [7, 11) is -32.2. The summed E-state index contributed by atoms with van der Waals surface area (Å²) in [5, 5.41) is 128. The van der Waals surface area contributed by atoms with Crippen LogP contribution in [0.25, 0.3) is 0 Å². The first kappa shape index (κ1) is 100. The first-order valence-corrected chi connectivity index (χ1v) is 33.4. The van der Waals surface area contributed by atoms with Gasteiger partial charge >= 0.3 is 156 Å². The first-order chi connectivity index (χ1) is 39.0. The van der Waals surface area contributed by atoms with Gasteiger partial charge in [-0.3, -0.25) is 31.9 Å². The van der Waals surface area contributed by atoms with E-state index in [1.807, 2.05) is 0 Å². The Kier molecular flexibility index (Phi) is 56.7. The number of aliphatic hydroxyl groups is 13. The van der Waals surface area contributed by atoms with Crippen LogP contribution in [0.5, 0.6) is 0 Å². The second-order valence-electron chi connectivity index (χ2n) is 17.7. The SMILES string of the molecule is NCCCCCCOP(=O)([O-])OC[C@@H](COP(=O)(O)OC[C@H](O)COP(=O)([O-])OC[C@H](O)COP(=O)([O-])OC[C@H](O)COP(=O)([O-])OC[C@H](O)COP(=O)([O-])OC[C@@H](CO)O[C@H]1O[C@H](CO)[C@@H](O)[C@H](O)[C@H]1O)O[C@H]1O[C@H](CO)[C@@H](O)[C@H](O)[C@H]1O.[Na+].[Na+].[Na+].[Na+].[Na+]. The molecule has 2 fully saturated rings. The number of hydrogen-bond donors (Lipinski definition) is 15. The van der Waals surface area contributed by atoms with Gasteiger partial charge in [0.2, 0.25) is 0 Å². The normalized spacial score (nSPS) is 28.2. The molecule has 0 aliphatic carbocycles. The third kappa shape index (κ3) is 42.8. The maximum absolute atomic E-state index is 12.6. The Morgan fingerprint density at radius 1 is 0.382 bits per heavy atom. The number of aliphatic hydroxyl groups excluding tert-OH is 13. The number of phosphoric ester groups is 6. The van der Waals surface area contributed by atoms with Crippen LogP contribution < -0.4 is 178 Å². The van der Waals surface area contributed by atoms with E-state index in [1.165, 1.54) is 0 Å². The molecule has 2 heterocycles. The number of nitrogens with two attached hydrogens (primary N) is 1. The van der Waals surface area contributed by atoms with Crippen molar-refractivity contribution in [3.05, 3.63) is 0 Å². The zero-order valence-corrected chi connectivity index (χ0v) is 64.3. The van der Waals surface area contributed by atoms with E-state index in [2.05, 4.69) is 40.7 Å². The Balaban J connectivity index is -0.00000722. The molecule has 2 rings (SSSR count). The minimum absolute atomic E-state index is 0. The van der Waals surface area contributed by atoms with Crippen LogP contribution in [-0.2, 0) is 101 Å². The molecule has 0 aromatic carbocycles. The van der Waals surface area contributed by atoms with Crippen LogP contribution in [0.15, 0.2) is 0 Å². The Bertz CT molecular complexity index is 2170. The minimum atomic E-state index is -5.50. The predicted octanol–water partition coefficient (Wildman–Crippen LogP) is -25.0. The monoisotopic (exact) mass is 1480 g/mol. The van der Waals surface area contributed by atoms with Crippen molar-refractivity contribution in [3.8, 4) is 0 Å². The number of rotatable bonds is 47. The van der Waals surface area contributed by atoms with E-state index >= 15 is 0 Å². The standard InChI is InChI=1S/C36H77NO41P6.5Na/c37-5-3-1-2-4-6-63-79(51,52)73-19-26(76-36-34(50)32(48)30(46)28(9-40)78-36)20-74-84(61,62)71-17-24(44)15-69-82(57,58)67-13-22(42)11-65-80(53,54)64-10-21(41)12-66-81(55,56)68-14-23(43)16-70-83(59,60)72-18-25(7-38)75-35-33(49)31(47)29(45)27(8-39)77-35;;;;;/h21-36,38-50H,1-20,37H2,(H,51,52)(H,53,54)(H,55,56)(H,57,58)(H,59,60)(H,61,62);;;;;/q;5*+1/p-5/t21-,22+,23-,24+,25+,26-,27+,28+,29+,30+,31-,32-,33+,34+,35-,36-;;;;;/m0...../s1. The van der Waals surface area contributed by atoms with Gasteiger partial charge in [-0.2, -0.15) is 0 Å². The van der Waals surface area contributed by atoms with Crippen molar-refractivity contribution in [2.75, 3.05) is 106 Å². The van der Waals surface area contributed by atoms with Gasteiger partial charge in [0.1, 0.15) is 85.5 Å². The van der Waals surface area contributed by atoms with E-state index in [0.29, 0.717) is 25.8 Å². The molecule has 2 saturated heterocycles. The van der Waals surface area contributed by atoms with Gasteiger partial charge in [0.05, 0.1) is 99.1 Å². The summed E-state index contributed by atoms with van der Waals surface area (Å²) in [5.74, 6) is 0. The van der Waals surface area contributed by atoms with Crippen LogP contribution in [0.4, 0.5) is 0 Å². The predicted molar refractivity (Wildman–Crippen MR) is 255 cm³/mol. The fourth-order valence-electron chi connectivity index (χ4n) is 6.14. The molecule has 16 N–H and O–H groups in total. The van der Waals surface area contributed by atoms with Gasteiger partial charge in [-0.05, 0) is 19.4 Å². The van der Waals surface area contributed by atoms with Crippen LogP contribution in [0, 0.1) is 0 Å². The number of ether oxygens (including phenoxy) is 4. The molecule has 0 aromatic heterocycles. The molecule has 502 valence electrons. The van der Waals surface area contributed by atoms with Crippen molar-refractivity contribution in [3.63, 3.8) is 0 Å². The van der Waals surface area contributed by atoms with Gasteiger partial charge in [0, 0.05) is 0 Å². The van der Waals surface area contributed by atoms with E-state index < -0.39 is 237 Å². The molecule has 0 bridgehead atoms. The van der Waals surface area contributed by atoms with Crippen molar-refractivity contribution in [1.82, 2.24) is 0 Å². The summed E-state index contributed by atoms with van der Waals surface area (Å²) in [6, 6.07) is 0. The van der Waals surface area contributed by atoms with Crippen molar-refractivity contribution >= 4 is 46.9 Å². The van der Waals surface area contributed by atoms with Crippen LogP contribution >= 0.6 is 46.9 Å². The molecule has 2 aliphatic heterocycles. The van der Waals surface area contributed by atoms with E-state index in [9.17, 15) is 123 Å². The van der Waals surface area contributed by atoms with Gasteiger partial charge < -0.3 is 166 Å². The van der Waals surface area contributed by atoms with Crippen LogP contribution in [0.3, 0.4) is 0 Å². The number of unbranched alkanes of at least 4 members (excludes halogenated alkanes) is 3. The average molecular weight is 1480 g/mol. The molecule has 6 unspecified atom stereocenters. The third-order valence-corrected chi connectivity index (χ3v) is 16.2. The average Bonchev–Trinajstić information content (AvgIpc) is 3.65. The molecule has 0 aromatic rings. The molecule has 53 heteroatoms. The van der Waals surface area contributed by atoms with Gasteiger partial charge in [0.25, 0.3) is 39.1 Å². The summed E-state index contributed by atoms with van der Waals surface area (Å²) in [5.41, 5.74) is 5.41. The van der Waals surface area contributed by atoms with E-state index in [1.54, 1.807) is 0 Å². The van der Waals surface area contributed by atoms with Crippen LogP contribution in [-0.4, -0.2) is 275 Å². The van der Waals surface area contributed by atoms with Crippen molar-refractivity contribution in [2.24, 2.45) is 5.73 Å². The molecule has 0 amide bonds. The Morgan fingerprint density at radius 3 is 0.978 bits per heavy atom. The van der Waals surface area contributed by atoms with Crippen molar-refractivity contribution < 1.29 is 344 Å². The van der Waals surface area contributed by atoms with E-state index in [4.69, 9.17) is 38.3 Å². The largest absolute Gasteiger partial charge is 1.00 e. The second-order valence-corrected chi connectivity index (χ2v) is 26.2. The van der Waals surface area contributed by atoms with E-state index in [0.717, 1.165) is 0 Å². The fourth-order valence-corrected chi connectivity index (χ4v) is 10.8. The van der Waals surface area contributed by atoms with Crippen molar-refractivity contribution in [2.45, 2.75) is 124 Å². The zero-order valence-electron chi connectivity index (χ0n) is 48.9. The second kappa shape index (κ2) is 50.3. The smallest absolute Gasteiger partial charge is 0.756 e. The van der Waals surface area contributed by atoms with Crippen molar-refractivity contribution in [1.29, 1.82) is 0 Å². The summed E-state index contributed by atoms with van der Waals surface area (Å²) >= 11 is 0. The minimum Gasteiger partial charge on any atom is -0.756 e. The first-order valence-electron chi connectivity index (χ1n) is 24.6. The van der Waals surface area contributed by atoms with Gasteiger partial charge in [-0.1, -0.05) is 12.8 Å². The summed E-state index contributed by atoms with van der Waals surface area (Å²) in [6.45, 7) is -16.0. The Hall–Kier alpha value is 4.94.